The molecule has 0 saturated carbocycles. The number of hydrogen-bond acceptors (Lipinski definition) is 5. The Morgan fingerprint density at radius 3 is 2.16 bits per heavy atom. The van der Waals surface area contributed by atoms with Crippen LogP contribution >= 0.6 is 0 Å². The highest BCUT2D eigenvalue weighted by atomic mass is 16.5. The molecule has 0 spiro atoms. The lowest BCUT2D eigenvalue weighted by Gasteiger charge is -2.06. The summed E-state index contributed by atoms with van der Waals surface area (Å²) in [6.07, 6.45) is 0.757. The number of ether oxygens (including phenoxy) is 2. The molecule has 102 valence electrons. The molecule has 0 fully saturated rings. The van der Waals surface area contributed by atoms with Crippen molar-refractivity contribution in [2.45, 2.75) is 19.3 Å². The third kappa shape index (κ3) is 4.21. The normalized spacial score (nSPS) is 9.79. The van der Waals surface area contributed by atoms with Crippen molar-refractivity contribution >= 4 is 17.7 Å². The molecule has 0 bridgehead atoms. The monoisotopic (exact) mass is 264 g/mol. The zero-order chi connectivity index (χ0) is 14.3. The van der Waals surface area contributed by atoms with E-state index in [0.717, 1.165) is 0 Å². The van der Waals surface area contributed by atoms with E-state index < -0.39 is 5.97 Å². The summed E-state index contributed by atoms with van der Waals surface area (Å²) in [6, 6.07) is 6.46. The van der Waals surface area contributed by atoms with Crippen LogP contribution in [0, 0.1) is 0 Å². The van der Waals surface area contributed by atoms with Crippen molar-refractivity contribution in [2.75, 3.05) is 14.2 Å². The van der Waals surface area contributed by atoms with Gasteiger partial charge in [0.25, 0.3) is 0 Å². The van der Waals surface area contributed by atoms with E-state index in [-0.39, 0.29) is 30.2 Å². The van der Waals surface area contributed by atoms with Gasteiger partial charge in [-0.25, -0.2) is 4.79 Å². The number of carbonyl (C=O) groups is 3. The first kappa shape index (κ1) is 14.9. The number of ketones is 1. The Morgan fingerprint density at radius 2 is 1.58 bits per heavy atom. The summed E-state index contributed by atoms with van der Waals surface area (Å²) >= 11 is 0. The molecule has 0 aliphatic heterocycles. The summed E-state index contributed by atoms with van der Waals surface area (Å²) in [6.45, 7) is 0. The van der Waals surface area contributed by atoms with Gasteiger partial charge in [0.15, 0.2) is 5.78 Å². The Morgan fingerprint density at radius 1 is 0.947 bits per heavy atom. The number of rotatable bonds is 6. The van der Waals surface area contributed by atoms with Crippen molar-refractivity contribution < 1.29 is 23.9 Å². The molecule has 1 rings (SSSR count). The van der Waals surface area contributed by atoms with Gasteiger partial charge in [0.1, 0.15) is 0 Å². The number of methoxy groups -OCH3 is 2. The summed E-state index contributed by atoms with van der Waals surface area (Å²) in [5.41, 5.74) is 0.562. The SMILES string of the molecule is COC(=O)CCCC(=O)c1ccccc1C(=O)OC. The molecule has 0 aromatic heterocycles. The largest absolute Gasteiger partial charge is 0.469 e. The topological polar surface area (TPSA) is 69.7 Å². The average Bonchev–Trinajstić information content (AvgIpc) is 2.45. The molecule has 0 aliphatic carbocycles. The Kier molecular flexibility index (Phi) is 5.73. The van der Waals surface area contributed by atoms with E-state index in [1.165, 1.54) is 14.2 Å². The zero-order valence-corrected chi connectivity index (χ0v) is 11.0. The first-order valence-electron chi connectivity index (χ1n) is 5.87. The molecule has 0 N–H and O–H groups in total. The first-order valence-corrected chi connectivity index (χ1v) is 5.87. The van der Waals surface area contributed by atoms with Gasteiger partial charge >= 0.3 is 11.9 Å². The maximum Gasteiger partial charge on any atom is 0.338 e. The zero-order valence-electron chi connectivity index (χ0n) is 11.0. The van der Waals surface area contributed by atoms with Crippen LogP contribution in [0.25, 0.3) is 0 Å². The van der Waals surface area contributed by atoms with Crippen LogP contribution in [0.3, 0.4) is 0 Å². The summed E-state index contributed by atoms with van der Waals surface area (Å²) in [4.78, 5) is 34.5. The number of hydrogen-bond donors (Lipinski definition) is 0. The van der Waals surface area contributed by atoms with Crippen molar-refractivity contribution in [3.05, 3.63) is 35.4 Å². The lowest BCUT2D eigenvalue weighted by atomic mass is 10.00. The Balaban J connectivity index is 2.72. The highest BCUT2D eigenvalue weighted by Gasteiger charge is 2.16. The molecular formula is C14H16O5. The third-order valence-corrected chi connectivity index (χ3v) is 2.65. The maximum atomic E-state index is 12.0. The van der Waals surface area contributed by atoms with Crippen LogP contribution in [0.15, 0.2) is 24.3 Å². The molecule has 0 atom stereocenters. The number of carbonyl (C=O) groups excluding carboxylic acids is 3. The van der Waals surface area contributed by atoms with Crippen LogP contribution in [-0.4, -0.2) is 31.9 Å². The fraction of sp³-hybridized carbons (Fsp3) is 0.357. The van der Waals surface area contributed by atoms with E-state index in [4.69, 9.17) is 0 Å². The predicted octanol–water partition coefficient (Wildman–Crippen LogP) is 2.00. The molecule has 5 nitrogen and oxygen atoms in total. The fourth-order valence-electron chi connectivity index (χ4n) is 1.64. The number of benzene rings is 1. The van der Waals surface area contributed by atoms with Gasteiger partial charge < -0.3 is 9.47 Å². The van der Waals surface area contributed by atoms with Crippen molar-refractivity contribution in [3.63, 3.8) is 0 Å². The standard InChI is InChI=1S/C14H16O5/c1-18-13(16)9-5-8-12(15)10-6-3-4-7-11(10)14(17)19-2/h3-4,6-7H,5,8-9H2,1-2H3. The summed E-state index contributed by atoms with van der Waals surface area (Å²) < 4.78 is 9.11. The van der Waals surface area contributed by atoms with Gasteiger partial charge in [-0.3, -0.25) is 9.59 Å². The molecule has 0 unspecified atom stereocenters. The van der Waals surface area contributed by atoms with Crippen LogP contribution in [0.5, 0.6) is 0 Å². The van der Waals surface area contributed by atoms with Gasteiger partial charge in [-0.1, -0.05) is 18.2 Å². The van der Waals surface area contributed by atoms with Crippen LogP contribution in [0.2, 0.25) is 0 Å². The molecule has 0 radical (unpaired) electrons. The van der Waals surface area contributed by atoms with Gasteiger partial charge in [-0.2, -0.15) is 0 Å². The molecule has 1 aromatic rings. The molecule has 0 aliphatic rings. The molecule has 5 heteroatoms. The minimum absolute atomic E-state index is 0.183. The van der Waals surface area contributed by atoms with E-state index in [1.54, 1.807) is 24.3 Å². The fourth-order valence-corrected chi connectivity index (χ4v) is 1.64. The number of Topliss-reactive ketones (excluding diaryl/α,β-unsaturated/α-hetero) is 1. The van der Waals surface area contributed by atoms with E-state index in [1.807, 2.05) is 0 Å². The highest BCUT2D eigenvalue weighted by Crippen LogP contribution is 2.14. The van der Waals surface area contributed by atoms with Crippen LogP contribution in [0.4, 0.5) is 0 Å². The van der Waals surface area contributed by atoms with Gasteiger partial charge in [0.05, 0.1) is 19.8 Å². The maximum absolute atomic E-state index is 12.0. The minimum Gasteiger partial charge on any atom is -0.469 e. The van der Waals surface area contributed by atoms with E-state index >= 15 is 0 Å². The predicted molar refractivity (Wildman–Crippen MR) is 68.0 cm³/mol. The van der Waals surface area contributed by atoms with Crippen LogP contribution < -0.4 is 0 Å². The molecule has 0 amide bonds. The second kappa shape index (κ2) is 7.31. The lowest BCUT2D eigenvalue weighted by Crippen LogP contribution is -2.11. The van der Waals surface area contributed by atoms with Gasteiger partial charge in [0.2, 0.25) is 0 Å². The van der Waals surface area contributed by atoms with Crippen molar-refractivity contribution in [3.8, 4) is 0 Å². The van der Waals surface area contributed by atoms with Crippen molar-refractivity contribution in [1.29, 1.82) is 0 Å². The lowest BCUT2D eigenvalue weighted by molar-refractivity contribution is -0.140. The third-order valence-electron chi connectivity index (χ3n) is 2.65. The summed E-state index contributed by atoms with van der Waals surface area (Å²) in [5, 5.41) is 0. The molecule has 1 aromatic carbocycles. The summed E-state index contributed by atoms with van der Waals surface area (Å²) in [5.74, 6) is -1.09. The first-order chi connectivity index (χ1) is 9.10. The molecule has 19 heavy (non-hydrogen) atoms. The van der Waals surface area contributed by atoms with Crippen LogP contribution in [-0.2, 0) is 14.3 Å². The van der Waals surface area contributed by atoms with Gasteiger partial charge in [-0.05, 0) is 12.5 Å². The van der Waals surface area contributed by atoms with E-state index in [9.17, 15) is 14.4 Å². The molecule has 0 saturated heterocycles. The van der Waals surface area contributed by atoms with Crippen molar-refractivity contribution in [2.24, 2.45) is 0 Å². The van der Waals surface area contributed by atoms with Crippen molar-refractivity contribution in [1.82, 2.24) is 0 Å². The van der Waals surface area contributed by atoms with Gasteiger partial charge in [-0.15, -0.1) is 0 Å². The molecule has 0 heterocycles. The second-order valence-electron chi connectivity index (χ2n) is 3.89. The molecular weight excluding hydrogens is 248 g/mol. The number of esters is 2. The van der Waals surface area contributed by atoms with Crippen LogP contribution in [0.1, 0.15) is 40.0 Å². The second-order valence-corrected chi connectivity index (χ2v) is 3.89. The van der Waals surface area contributed by atoms with E-state index in [2.05, 4.69) is 9.47 Å². The average molecular weight is 264 g/mol. The Hall–Kier alpha value is -2.17. The summed E-state index contributed by atoms with van der Waals surface area (Å²) in [7, 11) is 2.57. The Bertz CT molecular complexity index is 478. The van der Waals surface area contributed by atoms with E-state index in [0.29, 0.717) is 12.0 Å². The highest BCUT2D eigenvalue weighted by molar-refractivity contribution is 6.06. The Labute approximate surface area is 111 Å². The minimum atomic E-state index is -0.545. The smallest absolute Gasteiger partial charge is 0.338 e. The quantitative estimate of drug-likeness (QED) is 0.580. The van der Waals surface area contributed by atoms with Gasteiger partial charge in [0, 0.05) is 18.4 Å².